The zero-order valence-corrected chi connectivity index (χ0v) is 11.6. The summed E-state index contributed by atoms with van der Waals surface area (Å²) in [4.78, 5) is 0.260. The van der Waals surface area contributed by atoms with E-state index in [9.17, 15) is 8.42 Å². The van der Waals surface area contributed by atoms with Crippen molar-refractivity contribution in [3.05, 3.63) is 24.3 Å². The topological polar surface area (TPSA) is 84.2 Å². The van der Waals surface area contributed by atoms with E-state index < -0.39 is 10.0 Å². The van der Waals surface area contributed by atoms with Crippen molar-refractivity contribution < 1.29 is 8.42 Å². The summed E-state index contributed by atoms with van der Waals surface area (Å²) >= 11 is 0. The maximum atomic E-state index is 11.5. The van der Waals surface area contributed by atoms with Crippen LogP contribution in [0.4, 0.5) is 5.69 Å². The Labute approximate surface area is 109 Å². The molecule has 0 fully saturated rings. The van der Waals surface area contributed by atoms with Gasteiger partial charge < -0.3 is 11.1 Å². The molecule has 4 N–H and O–H groups in total. The van der Waals surface area contributed by atoms with E-state index in [1.807, 2.05) is 0 Å². The van der Waals surface area contributed by atoms with E-state index in [-0.39, 0.29) is 10.9 Å². The monoisotopic (exact) mass is 271 g/mol. The Morgan fingerprint density at radius 2 is 1.89 bits per heavy atom. The lowest BCUT2D eigenvalue weighted by molar-refractivity contribution is 0.588. The predicted octanol–water partition coefficient (Wildman–Crippen LogP) is 1.13. The average molecular weight is 271 g/mol. The van der Waals surface area contributed by atoms with Gasteiger partial charge in [-0.1, -0.05) is 13.3 Å². The number of anilines is 1. The lowest BCUT2D eigenvalue weighted by Gasteiger charge is -2.17. The van der Waals surface area contributed by atoms with E-state index in [0.29, 0.717) is 6.54 Å². The second-order valence-electron chi connectivity index (χ2n) is 4.10. The van der Waals surface area contributed by atoms with E-state index in [2.05, 4.69) is 17.0 Å². The summed E-state index contributed by atoms with van der Waals surface area (Å²) in [7, 11) is -1.97. The molecule has 0 heterocycles. The Morgan fingerprint density at radius 1 is 1.28 bits per heavy atom. The molecule has 0 aliphatic heterocycles. The van der Waals surface area contributed by atoms with Gasteiger partial charge in [-0.25, -0.2) is 13.1 Å². The third-order valence-electron chi connectivity index (χ3n) is 2.73. The SMILES string of the molecule is CCCC(CN)Nc1ccc(S(=O)(=O)NC)cc1. The van der Waals surface area contributed by atoms with Gasteiger partial charge in [0.05, 0.1) is 4.90 Å². The summed E-state index contributed by atoms with van der Waals surface area (Å²) in [6, 6.07) is 6.88. The van der Waals surface area contributed by atoms with Gasteiger partial charge in [0.2, 0.25) is 10.0 Å². The van der Waals surface area contributed by atoms with Crippen LogP contribution in [0.2, 0.25) is 0 Å². The minimum atomic E-state index is -3.36. The van der Waals surface area contributed by atoms with Crippen molar-refractivity contribution in [2.75, 3.05) is 18.9 Å². The molecule has 0 spiro atoms. The van der Waals surface area contributed by atoms with Crippen molar-refractivity contribution in [2.24, 2.45) is 5.73 Å². The van der Waals surface area contributed by atoms with Crippen LogP contribution in [-0.2, 0) is 10.0 Å². The molecule has 102 valence electrons. The molecule has 0 amide bonds. The molecule has 0 saturated carbocycles. The van der Waals surface area contributed by atoms with Gasteiger partial charge >= 0.3 is 0 Å². The average Bonchev–Trinajstić information content (AvgIpc) is 2.39. The van der Waals surface area contributed by atoms with Crippen LogP contribution in [0.15, 0.2) is 29.2 Å². The molecule has 1 rings (SSSR count). The number of rotatable bonds is 7. The van der Waals surface area contributed by atoms with Crippen LogP contribution in [-0.4, -0.2) is 28.1 Å². The first-order valence-electron chi connectivity index (χ1n) is 6.03. The third-order valence-corrected chi connectivity index (χ3v) is 4.16. The van der Waals surface area contributed by atoms with Gasteiger partial charge in [0.15, 0.2) is 0 Å². The predicted molar refractivity (Wildman–Crippen MR) is 74.1 cm³/mol. The molecule has 1 unspecified atom stereocenters. The first kappa shape index (κ1) is 14.9. The number of hydrogen-bond donors (Lipinski definition) is 3. The minimum Gasteiger partial charge on any atom is -0.381 e. The largest absolute Gasteiger partial charge is 0.381 e. The smallest absolute Gasteiger partial charge is 0.240 e. The van der Waals surface area contributed by atoms with E-state index in [4.69, 9.17) is 5.73 Å². The first-order chi connectivity index (χ1) is 8.53. The van der Waals surface area contributed by atoms with E-state index in [1.54, 1.807) is 24.3 Å². The Bertz CT molecular complexity index is 457. The van der Waals surface area contributed by atoms with Crippen LogP contribution in [0.1, 0.15) is 19.8 Å². The number of nitrogens with two attached hydrogens (primary N) is 1. The highest BCUT2D eigenvalue weighted by atomic mass is 32.2. The van der Waals surface area contributed by atoms with Crippen molar-refractivity contribution in [3.63, 3.8) is 0 Å². The fourth-order valence-electron chi connectivity index (χ4n) is 1.68. The third kappa shape index (κ3) is 3.97. The van der Waals surface area contributed by atoms with Crippen molar-refractivity contribution in [1.82, 2.24) is 4.72 Å². The Kier molecular flexibility index (Phi) is 5.58. The Balaban J connectivity index is 2.77. The van der Waals surface area contributed by atoms with Crippen molar-refractivity contribution >= 4 is 15.7 Å². The Hall–Kier alpha value is -1.11. The second kappa shape index (κ2) is 6.72. The highest BCUT2D eigenvalue weighted by Crippen LogP contribution is 2.15. The molecule has 6 heteroatoms. The summed E-state index contributed by atoms with van der Waals surface area (Å²) in [6.45, 7) is 2.66. The zero-order chi connectivity index (χ0) is 13.6. The summed E-state index contributed by atoms with van der Waals surface area (Å²) in [5.74, 6) is 0. The molecule has 0 saturated heterocycles. The standard InChI is InChI=1S/C12H21N3O2S/c1-3-4-11(9-13)15-10-5-7-12(8-6-10)18(16,17)14-2/h5-8,11,14-15H,3-4,9,13H2,1-2H3. The van der Waals surface area contributed by atoms with E-state index in [1.165, 1.54) is 7.05 Å². The van der Waals surface area contributed by atoms with Gasteiger partial charge in [-0.05, 0) is 37.7 Å². The van der Waals surface area contributed by atoms with Crippen LogP contribution in [0.3, 0.4) is 0 Å². The molecule has 18 heavy (non-hydrogen) atoms. The van der Waals surface area contributed by atoms with Gasteiger partial charge in [0, 0.05) is 18.3 Å². The van der Waals surface area contributed by atoms with Crippen molar-refractivity contribution in [2.45, 2.75) is 30.7 Å². The molecule has 0 aliphatic carbocycles. The Morgan fingerprint density at radius 3 is 2.33 bits per heavy atom. The molecule has 0 bridgehead atoms. The quantitative estimate of drug-likeness (QED) is 0.694. The van der Waals surface area contributed by atoms with Crippen LogP contribution >= 0.6 is 0 Å². The minimum absolute atomic E-state index is 0.224. The van der Waals surface area contributed by atoms with Gasteiger partial charge in [-0.3, -0.25) is 0 Å². The molecule has 0 radical (unpaired) electrons. The second-order valence-corrected chi connectivity index (χ2v) is 5.98. The van der Waals surface area contributed by atoms with E-state index >= 15 is 0 Å². The molecular formula is C12H21N3O2S. The van der Waals surface area contributed by atoms with Crippen LogP contribution < -0.4 is 15.8 Å². The fraction of sp³-hybridized carbons (Fsp3) is 0.500. The zero-order valence-electron chi connectivity index (χ0n) is 10.8. The van der Waals surface area contributed by atoms with Crippen molar-refractivity contribution in [1.29, 1.82) is 0 Å². The normalized spacial score (nSPS) is 13.3. The van der Waals surface area contributed by atoms with Crippen LogP contribution in [0.25, 0.3) is 0 Å². The number of benzene rings is 1. The molecule has 5 nitrogen and oxygen atoms in total. The van der Waals surface area contributed by atoms with Crippen LogP contribution in [0.5, 0.6) is 0 Å². The van der Waals surface area contributed by atoms with Crippen LogP contribution in [0, 0.1) is 0 Å². The van der Waals surface area contributed by atoms with Gasteiger partial charge in [-0.15, -0.1) is 0 Å². The molecule has 0 aromatic heterocycles. The maximum absolute atomic E-state index is 11.5. The molecule has 0 aliphatic rings. The number of hydrogen-bond acceptors (Lipinski definition) is 4. The summed E-state index contributed by atoms with van der Waals surface area (Å²) < 4.78 is 25.4. The molecular weight excluding hydrogens is 250 g/mol. The summed E-state index contributed by atoms with van der Waals surface area (Å²) in [5, 5.41) is 3.29. The lowest BCUT2D eigenvalue weighted by atomic mass is 10.1. The first-order valence-corrected chi connectivity index (χ1v) is 7.52. The highest BCUT2D eigenvalue weighted by molar-refractivity contribution is 7.89. The van der Waals surface area contributed by atoms with Gasteiger partial charge in [-0.2, -0.15) is 0 Å². The molecule has 1 aromatic rings. The summed E-state index contributed by atoms with van der Waals surface area (Å²) in [5.41, 5.74) is 6.54. The summed E-state index contributed by atoms with van der Waals surface area (Å²) in [6.07, 6.45) is 2.05. The number of sulfonamides is 1. The fourth-order valence-corrected chi connectivity index (χ4v) is 2.41. The van der Waals surface area contributed by atoms with Gasteiger partial charge in [0.25, 0.3) is 0 Å². The molecule has 1 atom stereocenters. The number of nitrogens with one attached hydrogen (secondary N) is 2. The van der Waals surface area contributed by atoms with Crippen molar-refractivity contribution in [3.8, 4) is 0 Å². The molecule has 1 aromatic carbocycles. The van der Waals surface area contributed by atoms with Gasteiger partial charge in [0.1, 0.15) is 0 Å². The lowest BCUT2D eigenvalue weighted by Crippen LogP contribution is -2.28. The maximum Gasteiger partial charge on any atom is 0.240 e. The highest BCUT2D eigenvalue weighted by Gasteiger charge is 2.11. The van der Waals surface area contributed by atoms with E-state index in [0.717, 1.165) is 18.5 Å².